The maximum absolute atomic E-state index is 9.57. The Bertz CT molecular complexity index is 208. The van der Waals surface area contributed by atoms with Gasteiger partial charge < -0.3 is 10.4 Å². The number of aliphatic hydroxyl groups excluding tert-OH is 1. The van der Waals surface area contributed by atoms with Gasteiger partial charge >= 0.3 is 0 Å². The molecular weight excluding hydrogens is 200 g/mol. The second-order valence-electron chi connectivity index (χ2n) is 5.61. The predicted octanol–water partition coefficient (Wildman–Crippen LogP) is 1.36. The zero-order chi connectivity index (χ0) is 11.5. The number of rotatable bonds is 5. The second kappa shape index (κ2) is 5.48. The average Bonchev–Trinajstić information content (AvgIpc) is 2.56. The largest absolute Gasteiger partial charge is 0.392 e. The van der Waals surface area contributed by atoms with E-state index in [1.807, 2.05) is 6.92 Å². The van der Waals surface area contributed by atoms with E-state index in [1.165, 1.54) is 32.1 Å². The number of aliphatic hydroxyl groups is 1. The highest BCUT2D eigenvalue weighted by Crippen LogP contribution is 2.29. The van der Waals surface area contributed by atoms with E-state index in [4.69, 9.17) is 0 Å². The molecule has 2 rings (SSSR count). The van der Waals surface area contributed by atoms with Gasteiger partial charge in [0.1, 0.15) is 0 Å². The number of piperidine rings is 1. The molecule has 0 amide bonds. The summed E-state index contributed by atoms with van der Waals surface area (Å²) in [5, 5.41) is 13.3. The van der Waals surface area contributed by atoms with Gasteiger partial charge in [-0.3, -0.25) is 4.90 Å². The third kappa shape index (κ3) is 2.96. The van der Waals surface area contributed by atoms with Crippen molar-refractivity contribution in [3.05, 3.63) is 0 Å². The molecule has 2 bridgehead atoms. The van der Waals surface area contributed by atoms with Crippen LogP contribution in [-0.2, 0) is 0 Å². The van der Waals surface area contributed by atoms with Crippen molar-refractivity contribution in [3.8, 4) is 0 Å². The molecule has 3 nitrogen and oxygen atoms in total. The van der Waals surface area contributed by atoms with Crippen LogP contribution in [0.4, 0.5) is 0 Å². The maximum atomic E-state index is 9.57. The summed E-state index contributed by atoms with van der Waals surface area (Å²) in [5.74, 6) is 0. The third-order valence-corrected chi connectivity index (χ3v) is 3.97. The van der Waals surface area contributed by atoms with Crippen LogP contribution in [0.25, 0.3) is 0 Å². The Morgan fingerprint density at radius 3 is 2.44 bits per heavy atom. The number of nitrogens with zero attached hydrogens (tertiary/aromatic N) is 1. The van der Waals surface area contributed by atoms with Crippen molar-refractivity contribution in [2.45, 2.75) is 70.2 Å². The summed E-state index contributed by atoms with van der Waals surface area (Å²) in [6, 6.07) is 2.20. The molecule has 0 radical (unpaired) electrons. The van der Waals surface area contributed by atoms with E-state index in [-0.39, 0.29) is 6.10 Å². The van der Waals surface area contributed by atoms with Crippen molar-refractivity contribution in [1.82, 2.24) is 10.2 Å². The summed E-state index contributed by atoms with van der Waals surface area (Å²) < 4.78 is 0. The molecule has 3 heteroatoms. The third-order valence-electron chi connectivity index (χ3n) is 3.97. The maximum Gasteiger partial charge on any atom is 0.0639 e. The summed E-state index contributed by atoms with van der Waals surface area (Å²) in [6.07, 6.45) is 6.27. The fourth-order valence-corrected chi connectivity index (χ4v) is 3.37. The van der Waals surface area contributed by atoms with Crippen LogP contribution in [-0.4, -0.2) is 47.3 Å². The van der Waals surface area contributed by atoms with E-state index >= 15 is 0 Å². The van der Waals surface area contributed by atoms with Gasteiger partial charge in [-0.2, -0.15) is 0 Å². The van der Waals surface area contributed by atoms with Crippen LogP contribution in [0.1, 0.15) is 46.0 Å². The van der Waals surface area contributed by atoms with Crippen LogP contribution in [0.5, 0.6) is 0 Å². The summed E-state index contributed by atoms with van der Waals surface area (Å²) in [6.45, 7) is 6.11. The van der Waals surface area contributed by atoms with Gasteiger partial charge in [0.05, 0.1) is 6.10 Å². The van der Waals surface area contributed by atoms with E-state index in [2.05, 4.69) is 17.1 Å². The van der Waals surface area contributed by atoms with E-state index < -0.39 is 0 Å². The monoisotopic (exact) mass is 226 g/mol. The number of hydrogen-bond acceptors (Lipinski definition) is 3. The minimum atomic E-state index is -0.195. The van der Waals surface area contributed by atoms with Crippen LogP contribution < -0.4 is 5.32 Å². The first-order valence-electron chi connectivity index (χ1n) is 6.87. The van der Waals surface area contributed by atoms with Crippen LogP contribution in [0.3, 0.4) is 0 Å². The van der Waals surface area contributed by atoms with Gasteiger partial charge in [-0.25, -0.2) is 0 Å². The molecule has 94 valence electrons. The Hall–Kier alpha value is -0.120. The van der Waals surface area contributed by atoms with E-state index in [9.17, 15) is 5.11 Å². The van der Waals surface area contributed by atoms with Crippen molar-refractivity contribution >= 4 is 0 Å². The van der Waals surface area contributed by atoms with Gasteiger partial charge in [0.2, 0.25) is 0 Å². The quantitative estimate of drug-likeness (QED) is 0.743. The topological polar surface area (TPSA) is 35.5 Å². The fourth-order valence-electron chi connectivity index (χ4n) is 3.37. The summed E-state index contributed by atoms with van der Waals surface area (Å²) in [5.41, 5.74) is 0. The van der Waals surface area contributed by atoms with E-state index in [0.717, 1.165) is 25.2 Å². The molecule has 16 heavy (non-hydrogen) atoms. The molecule has 2 unspecified atom stereocenters. The highest BCUT2D eigenvalue weighted by Gasteiger charge is 2.35. The second-order valence-corrected chi connectivity index (χ2v) is 5.61. The highest BCUT2D eigenvalue weighted by molar-refractivity contribution is 4.95. The SMILES string of the molecule is CCCN(C[C@@H](C)O)C1CC2CCC(C1)N2. The van der Waals surface area contributed by atoms with Crippen molar-refractivity contribution in [3.63, 3.8) is 0 Å². The van der Waals surface area contributed by atoms with Gasteiger partial charge in [-0.05, 0) is 45.6 Å². The lowest BCUT2D eigenvalue weighted by atomic mass is 9.97. The molecule has 0 aromatic carbocycles. The summed E-state index contributed by atoms with van der Waals surface area (Å²) >= 11 is 0. The Balaban J connectivity index is 1.91. The minimum absolute atomic E-state index is 0.195. The zero-order valence-electron chi connectivity index (χ0n) is 10.7. The minimum Gasteiger partial charge on any atom is -0.392 e. The molecule has 2 aliphatic rings. The van der Waals surface area contributed by atoms with Gasteiger partial charge in [0.25, 0.3) is 0 Å². The summed E-state index contributed by atoms with van der Waals surface area (Å²) in [4.78, 5) is 2.51. The first kappa shape index (κ1) is 12.3. The summed E-state index contributed by atoms with van der Waals surface area (Å²) in [7, 11) is 0. The molecule has 0 aromatic heterocycles. The lowest BCUT2D eigenvalue weighted by Crippen LogP contribution is -2.50. The molecule has 0 saturated carbocycles. The zero-order valence-corrected chi connectivity index (χ0v) is 10.7. The van der Waals surface area contributed by atoms with Crippen molar-refractivity contribution in [2.75, 3.05) is 13.1 Å². The number of nitrogens with one attached hydrogen (secondary N) is 1. The van der Waals surface area contributed by atoms with Crippen LogP contribution in [0, 0.1) is 0 Å². The van der Waals surface area contributed by atoms with Gasteiger partial charge in [0.15, 0.2) is 0 Å². The van der Waals surface area contributed by atoms with Crippen molar-refractivity contribution in [1.29, 1.82) is 0 Å². The van der Waals surface area contributed by atoms with Crippen molar-refractivity contribution < 1.29 is 5.11 Å². The van der Waals surface area contributed by atoms with Gasteiger partial charge in [-0.15, -0.1) is 0 Å². The first-order valence-corrected chi connectivity index (χ1v) is 6.87. The number of hydrogen-bond donors (Lipinski definition) is 2. The molecular formula is C13H26N2O. The smallest absolute Gasteiger partial charge is 0.0639 e. The average molecular weight is 226 g/mol. The highest BCUT2D eigenvalue weighted by atomic mass is 16.3. The lowest BCUT2D eigenvalue weighted by molar-refractivity contribution is 0.0765. The number of fused-ring (bicyclic) bond motifs is 2. The van der Waals surface area contributed by atoms with Crippen LogP contribution in [0.15, 0.2) is 0 Å². The van der Waals surface area contributed by atoms with Crippen molar-refractivity contribution in [2.24, 2.45) is 0 Å². The predicted molar refractivity (Wildman–Crippen MR) is 66.5 cm³/mol. The molecule has 2 heterocycles. The Morgan fingerprint density at radius 1 is 1.31 bits per heavy atom. The van der Waals surface area contributed by atoms with E-state index in [0.29, 0.717) is 6.04 Å². The van der Waals surface area contributed by atoms with Gasteiger partial charge in [0, 0.05) is 24.7 Å². The Morgan fingerprint density at radius 2 is 1.94 bits per heavy atom. The van der Waals surface area contributed by atoms with E-state index in [1.54, 1.807) is 0 Å². The molecule has 2 aliphatic heterocycles. The van der Waals surface area contributed by atoms with Crippen LogP contribution in [0.2, 0.25) is 0 Å². The molecule has 2 saturated heterocycles. The lowest BCUT2D eigenvalue weighted by Gasteiger charge is -2.38. The Kier molecular flexibility index (Phi) is 4.22. The standard InChI is InChI=1S/C13H26N2O/c1-3-6-15(9-10(2)16)13-7-11-4-5-12(8-13)14-11/h10-14,16H,3-9H2,1-2H3/t10-,11?,12?,13?/m1/s1. The molecule has 0 spiro atoms. The Labute approximate surface area is 99.2 Å². The van der Waals surface area contributed by atoms with Gasteiger partial charge in [-0.1, -0.05) is 6.92 Å². The fraction of sp³-hybridized carbons (Fsp3) is 1.00. The molecule has 2 fully saturated rings. The first-order chi connectivity index (χ1) is 7.69. The normalized spacial score (nSPS) is 35.6. The molecule has 3 atom stereocenters. The molecule has 2 N–H and O–H groups in total. The molecule has 0 aromatic rings. The van der Waals surface area contributed by atoms with Crippen LogP contribution >= 0.6 is 0 Å². The molecule has 0 aliphatic carbocycles.